The summed E-state index contributed by atoms with van der Waals surface area (Å²) in [6, 6.07) is 29.1. The zero-order chi connectivity index (χ0) is 17.5. The van der Waals surface area contributed by atoms with Crippen LogP contribution in [0.1, 0.15) is 16.7 Å². The Bertz CT molecular complexity index is 801. The largest absolute Gasteiger partial charge is 0.326 e. The summed E-state index contributed by atoms with van der Waals surface area (Å²) in [4.78, 5) is 3.17. The first-order valence-corrected chi connectivity index (χ1v) is 8.24. The Morgan fingerprint density at radius 3 is 1.68 bits per heavy atom. The third kappa shape index (κ3) is 3.41. The van der Waals surface area contributed by atoms with Gasteiger partial charge in [-0.05, 0) is 28.6 Å². The number of nitrogens with zero attached hydrogens (tertiary/aromatic N) is 3. The van der Waals surface area contributed by atoms with E-state index in [4.69, 9.17) is 5.73 Å². The minimum Gasteiger partial charge on any atom is -0.326 e. The molecule has 0 bridgehead atoms. The van der Waals surface area contributed by atoms with Gasteiger partial charge in [-0.25, -0.2) is 0 Å². The van der Waals surface area contributed by atoms with Gasteiger partial charge in [-0.15, -0.1) is 0 Å². The average Bonchev–Trinajstić information content (AvgIpc) is 2.68. The van der Waals surface area contributed by atoms with Crippen LogP contribution in [0.25, 0.3) is 10.4 Å². The highest BCUT2D eigenvalue weighted by molar-refractivity contribution is 5.41. The van der Waals surface area contributed by atoms with Crippen LogP contribution >= 0.6 is 0 Å². The number of nitrogens with two attached hydrogens (primary N) is 1. The van der Waals surface area contributed by atoms with E-state index in [1.54, 1.807) is 0 Å². The first kappa shape index (κ1) is 16.8. The fourth-order valence-corrected chi connectivity index (χ4v) is 3.26. The van der Waals surface area contributed by atoms with Gasteiger partial charge in [0.2, 0.25) is 0 Å². The lowest BCUT2D eigenvalue weighted by Crippen LogP contribution is -2.46. The molecule has 0 fully saturated rings. The van der Waals surface area contributed by atoms with Crippen LogP contribution in [0.4, 0.5) is 0 Å². The predicted octanol–water partition coefficient (Wildman–Crippen LogP) is 4.81. The second-order valence-corrected chi connectivity index (χ2v) is 5.98. The Hall–Kier alpha value is -3.07. The number of benzene rings is 3. The Balaban J connectivity index is 2.15. The Labute approximate surface area is 147 Å². The van der Waals surface area contributed by atoms with Crippen LogP contribution in [-0.4, -0.2) is 6.04 Å². The third-order valence-electron chi connectivity index (χ3n) is 4.47. The van der Waals surface area contributed by atoms with Gasteiger partial charge >= 0.3 is 0 Å². The number of rotatable bonds is 6. The highest BCUT2D eigenvalue weighted by Crippen LogP contribution is 2.38. The van der Waals surface area contributed by atoms with Crippen molar-refractivity contribution in [2.24, 2.45) is 10.8 Å². The molecule has 1 unspecified atom stereocenters. The van der Waals surface area contributed by atoms with Crippen molar-refractivity contribution in [2.75, 3.05) is 0 Å². The molecule has 0 spiro atoms. The first-order valence-electron chi connectivity index (χ1n) is 8.24. The number of azide groups is 1. The van der Waals surface area contributed by atoms with E-state index in [1.807, 2.05) is 91.0 Å². The van der Waals surface area contributed by atoms with Crippen LogP contribution in [0.15, 0.2) is 96.1 Å². The molecule has 0 saturated carbocycles. The molecule has 25 heavy (non-hydrogen) atoms. The molecule has 3 rings (SSSR count). The summed E-state index contributed by atoms with van der Waals surface area (Å²) in [5.41, 5.74) is 17.9. The van der Waals surface area contributed by atoms with E-state index in [1.165, 1.54) is 0 Å². The van der Waals surface area contributed by atoms with E-state index < -0.39 is 11.6 Å². The van der Waals surface area contributed by atoms with Gasteiger partial charge in [-0.3, -0.25) is 0 Å². The van der Waals surface area contributed by atoms with Gasteiger partial charge in [0, 0.05) is 11.0 Å². The predicted molar refractivity (Wildman–Crippen MR) is 101 cm³/mol. The molecule has 4 nitrogen and oxygen atoms in total. The molecular formula is C21H20N4. The van der Waals surface area contributed by atoms with Crippen molar-refractivity contribution in [3.05, 3.63) is 118 Å². The zero-order valence-corrected chi connectivity index (χ0v) is 13.9. The molecule has 1 atom stereocenters. The molecule has 0 heterocycles. The first-order chi connectivity index (χ1) is 12.3. The summed E-state index contributed by atoms with van der Waals surface area (Å²) < 4.78 is 0. The van der Waals surface area contributed by atoms with E-state index in [-0.39, 0.29) is 0 Å². The molecule has 4 heteroatoms. The molecule has 0 aliphatic rings. The van der Waals surface area contributed by atoms with Crippen LogP contribution in [0.2, 0.25) is 0 Å². The Morgan fingerprint density at radius 2 is 1.24 bits per heavy atom. The summed E-state index contributed by atoms with van der Waals surface area (Å²) in [5.74, 6) is 0. The summed E-state index contributed by atoms with van der Waals surface area (Å²) in [7, 11) is 0. The molecular weight excluding hydrogens is 308 g/mol. The van der Waals surface area contributed by atoms with Crippen molar-refractivity contribution < 1.29 is 0 Å². The summed E-state index contributed by atoms with van der Waals surface area (Å²) in [6.07, 6.45) is 0.601. The molecule has 0 aromatic heterocycles. The lowest BCUT2D eigenvalue weighted by Gasteiger charge is -2.36. The quantitative estimate of drug-likeness (QED) is 0.393. The van der Waals surface area contributed by atoms with Gasteiger partial charge in [0.15, 0.2) is 0 Å². The minimum atomic E-state index is -0.965. The maximum absolute atomic E-state index is 9.34. The third-order valence-corrected chi connectivity index (χ3v) is 4.47. The van der Waals surface area contributed by atoms with E-state index in [2.05, 4.69) is 10.0 Å². The Kier molecular flexibility index (Phi) is 5.14. The summed E-state index contributed by atoms with van der Waals surface area (Å²) >= 11 is 0. The topological polar surface area (TPSA) is 74.8 Å². The van der Waals surface area contributed by atoms with Crippen LogP contribution in [0.3, 0.4) is 0 Å². The highest BCUT2D eigenvalue weighted by Gasteiger charge is 2.39. The van der Waals surface area contributed by atoms with Crippen molar-refractivity contribution in [3.8, 4) is 0 Å². The highest BCUT2D eigenvalue weighted by atomic mass is 15.2. The maximum Gasteiger partial charge on any atom is 0.114 e. The summed E-state index contributed by atoms with van der Waals surface area (Å²) in [5, 5.41) is 4.25. The van der Waals surface area contributed by atoms with E-state index in [0.29, 0.717) is 6.42 Å². The minimum absolute atomic E-state index is 0.407. The van der Waals surface area contributed by atoms with Crippen LogP contribution in [-0.2, 0) is 12.0 Å². The fourth-order valence-electron chi connectivity index (χ4n) is 3.26. The zero-order valence-electron chi connectivity index (χ0n) is 13.9. The van der Waals surface area contributed by atoms with Crippen molar-refractivity contribution in [3.63, 3.8) is 0 Å². The number of hydrogen-bond donors (Lipinski definition) is 1. The molecule has 124 valence electrons. The molecule has 0 aliphatic carbocycles. The van der Waals surface area contributed by atoms with Crippen molar-refractivity contribution in [1.82, 2.24) is 0 Å². The summed E-state index contributed by atoms with van der Waals surface area (Å²) in [6.45, 7) is 0. The van der Waals surface area contributed by atoms with Gasteiger partial charge < -0.3 is 5.73 Å². The molecule has 3 aromatic rings. The van der Waals surface area contributed by atoms with Gasteiger partial charge in [0.25, 0.3) is 0 Å². The SMILES string of the molecule is [N-]=[N+]=NC(c1ccccc1)(c1ccccc1)C(N)Cc1ccccc1. The smallest absolute Gasteiger partial charge is 0.114 e. The standard InChI is InChI=1S/C21H20N4/c22-20(16-17-10-4-1-5-11-17)21(24-25-23,18-12-6-2-7-13-18)19-14-8-3-9-15-19/h1-15,20H,16,22H2. The molecule has 2 N–H and O–H groups in total. The fraction of sp³-hybridized carbons (Fsp3) is 0.143. The Morgan fingerprint density at radius 1 is 0.800 bits per heavy atom. The monoisotopic (exact) mass is 328 g/mol. The lowest BCUT2D eigenvalue weighted by molar-refractivity contribution is 0.416. The van der Waals surface area contributed by atoms with E-state index in [0.717, 1.165) is 16.7 Å². The molecule has 0 radical (unpaired) electrons. The van der Waals surface area contributed by atoms with Gasteiger partial charge in [-0.2, -0.15) is 0 Å². The molecule has 0 amide bonds. The molecule has 0 saturated heterocycles. The van der Waals surface area contributed by atoms with Crippen LogP contribution < -0.4 is 5.73 Å². The second-order valence-electron chi connectivity index (χ2n) is 5.98. The van der Waals surface area contributed by atoms with Crippen molar-refractivity contribution in [1.29, 1.82) is 0 Å². The van der Waals surface area contributed by atoms with Crippen molar-refractivity contribution >= 4 is 0 Å². The normalized spacial score (nSPS) is 12.2. The van der Waals surface area contributed by atoms with E-state index in [9.17, 15) is 5.53 Å². The molecule has 0 aliphatic heterocycles. The lowest BCUT2D eigenvalue weighted by atomic mass is 9.76. The maximum atomic E-state index is 9.34. The van der Waals surface area contributed by atoms with Gasteiger partial charge in [0.1, 0.15) is 5.54 Å². The van der Waals surface area contributed by atoms with Crippen molar-refractivity contribution in [2.45, 2.75) is 18.0 Å². The van der Waals surface area contributed by atoms with E-state index >= 15 is 0 Å². The van der Waals surface area contributed by atoms with Crippen LogP contribution in [0, 0.1) is 0 Å². The van der Waals surface area contributed by atoms with Gasteiger partial charge in [0.05, 0.1) is 0 Å². The second kappa shape index (κ2) is 7.67. The van der Waals surface area contributed by atoms with Gasteiger partial charge in [-0.1, -0.05) is 96.1 Å². The molecule has 3 aromatic carbocycles. The number of hydrogen-bond acceptors (Lipinski definition) is 2. The van der Waals surface area contributed by atoms with Crippen LogP contribution in [0.5, 0.6) is 0 Å². The average molecular weight is 328 g/mol.